The van der Waals surface area contributed by atoms with Gasteiger partial charge in [-0.1, -0.05) is 12.2 Å². The largest absolute Gasteiger partial charge is 0.381 e. The molecule has 0 aliphatic carbocycles. The van der Waals surface area contributed by atoms with Crippen LogP contribution in [0.2, 0.25) is 0 Å². The molecule has 1 rings (SSSR count). The van der Waals surface area contributed by atoms with Crippen molar-refractivity contribution in [3.05, 3.63) is 12.2 Å². The number of hydrogen-bond donors (Lipinski definition) is 0. The lowest BCUT2D eigenvalue weighted by Crippen LogP contribution is -2.43. The topological polar surface area (TPSA) is 12.5 Å². The fraction of sp³-hybridized carbons (Fsp3) is 0.818. The van der Waals surface area contributed by atoms with Gasteiger partial charge in [0.25, 0.3) is 0 Å². The lowest BCUT2D eigenvalue weighted by molar-refractivity contribution is 0.0203. The maximum Gasteiger partial charge on any atom is 0.0598 e. The molecule has 2 atom stereocenters. The fourth-order valence-corrected chi connectivity index (χ4v) is 1.90. The smallest absolute Gasteiger partial charge is 0.0598 e. The fourth-order valence-electron chi connectivity index (χ4n) is 1.90. The van der Waals surface area contributed by atoms with Crippen LogP contribution in [0.25, 0.3) is 0 Å². The zero-order valence-corrected chi connectivity index (χ0v) is 8.99. The van der Waals surface area contributed by atoms with E-state index in [1.54, 1.807) is 0 Å². The normalized spacial score (nSPS) is 31.3. The molecule has 13 heavy (non-hydrogen) atoms. The van der Waals surface area contributed by atoms with Crippen molar-refractivity contribution in [1.29, 1.82) is 0 Å². The maximum absolute atomic E-state index is 5.37. The zero-order valence-electron chi connectivity index (χ0n) is 8.99. The Balaban J connectivity index is 2.34. The van der Waals surface area contributed by atoms with Gasteiger partial charge in [-0.25, -0.2) is 0 Å². The van der Waals surface area contributed by atoms with Crippen LogP contribution < -0.4 is 0 Å². The molecular formula is C11H21NO. The number of hydrogen-bond acceptors (Lipinski definition) is 2. The third kappa shape index (κ3) is 3.12. The molecule has 0 amide bonds. The van der Waals surface area contributed by atoms with Crippen molar-refractivity contribution in [2.75, 3.05) is 20.2 Å². The SMILES string of the molecule is C/C=C/CN1CCC(OC)CC1C. The molecule has 0 aromatic carbocycles. The van der Waals surface area contributed by atoms with E-state index < -0.39 is 0 Å². The first-order valence-electron chi connectivity index (χ1n) is 5.16. The Kier molecular flexibility index (Phi) is 4.46. The van der Waals surface area contributed by atoms with Crippen LogP contribution in [-0.4, -0.2) is 37.2 Å². The van der Waals surface area contributed by atoms with Gasteiger partial charge in [-0.05, 0) is 26.7 Å². The first-order valence-corrected chi connectivity index (χ1v) is 5.16. The number of ether oxygens (including phenoxy) is 1. The van der Waals surface area contributed by atoms with Gasteiger partial charge in [-0.2, -0.15) is 0 Å². The summed E-state index contributed by atoms with van der Waals surface area (Å²) in [5.41, 5.74) is 0. The summed E-state index contributed by atoms with van der Waals surface area (Å²) in [6.07, 6.45) is 7.18. The van der Waals surface area contributed by atoms with E-state index in [1.165, 1.54) is 19.4 Å². The van der Waals surface area contributed by atoms with Crippen molar-refractivity contribution in [2.24, 2.45) is 0 Å². The predicted molar refractivity (Wildman–Crippen MR) is 55.9 cm³/mol. The molecule has 1 saturated heterocycles. The van der Waals surface area contributed by atoms with E-state index in [0.717, 1.165) is 6.54 Å². The Labute approximate surface area is 81.6 Å². The molecule has 0 aromatic rings. The number of piperidine rings is 1. The molecule has 0 aromatic heterocycles. The standard InChI is InChI=1S/C11H21NO/c1-4-5-7-12-8-6-11(13-3)9-10(12)2/h4-5,10-11H,6-9H2,1-3H3/b5-4+. The second-order valence-electron chi connectivity index (χ2n) is 3.80. The minimum atomic E-state index is 0.483. The van der Waals surface area contributed by atoms with Crippen molar-refractivity contribution in [3.8, 4) is 0 Å². The van der Waals surface area contributed by atoms with E-state index in [9.17, 15) is 0 Å². The highest BCUT2D eigenvalue weighted by Gasteiger charge is 2.23. The first-order chi connectivity index (χ1) is 6.27. The summed E-state index contributed by atoms with van der Waals surface area (Å²) in [4.78, 5) is 2.51. The lowest BCUT2D eigenvalue weighted by Gasteiger charge is -2.36. The van der Waals surface area contributed by atoms with E-state index in [0.29, 0.717) is 12.1 Å². The summed E-state index contributed by atoms with van der Waals surface area (Å²) < 4.78 is 5.37. The zero-order chi connectivity index (χ0) is 9.68. The van der Waals surface area contributed by atoms with Gasteiger partial charge in [0.15, 0.2) is 0 Å². The average molecular weight is 183 g/mol. The van der Waals surface area contributed by atoms with Gasteiger partial charge >= 0.3 is 0 Å². The number of rotatable bonds is 3. The van der Waals surface area contributed by atoms with Crippen LogP contribution in [0.5, 0.6) is 0 Å². The van der Waals surface area contributed by atoms with Crippen molar-refractivity contribution in [1.82, 2.24) is 4.90 Å². The Morgan fingerprint density at radius 1 is 1.54 bits per heavy atom. The van der Waals surface area contributed by atoms with Gasteiger partial charge in [0, 0.05) is 26.2 Å². The molecule has 0 radical (unpaired) electrons. The number of likely N-dealkylation sites (tertiary alicyclic amines) is 1. The van der Waals surface area contributed by atoms with Crippen LogP contribution in [0.4, 0.5) is 0 Å². The van der Waals surface area contributed by atoms with E-state index >= 15 is 0 Å². The van der Waals surface area contributed by atoms with E-state index in [2.05, 4.69) is 30.9 Å². The second-order valence-corrected chi connectivity index (χ2v) is 3.80. The molecule has 2 unspecified atom stereocenters. The molecule has 1 heterocycles. The van der Waals surface area contributed by atoms with Crippen molar-refractivity contribution in [3.63, 3.8) is 0 Å². The van der Waals surface area contributed by atoms with Crippen LogP contribution in [0.1, 0.15) is 26.7 Å². The van der Waals surface area contributed by atoms with Gasteiger partial charge in [-0.15, -0.1) is 0 Å². The molecule has 2 nitrogen and oxygen atoms in total. The molecule has 0 spiro atoms. The van der Waals surface area contributed by atoms with Crippen LogP contribution in [0.15, 0.2) is 12.2 Å². The summed E-state index contributed by atoms with van der Waals surface area (Å²) in [6, 6.07) is 0.662. The molecule has 0 bridgehead atoms. The number of nitrogens with zero attached hydrogens (tertiary/aromatic N) is 1. The summed E-state index contributed by atoms with van der Waals surface area (Å²) in [7, 11) is 1.82. The highest BCUT2D eigenvalue weighted by atomic mass is 16.5. The quantitative estimate of drug-likeness (QED) is 0.621. The summed E-state index contributed by atoms with van der Waals surface area (Å²) in [5.74, 6) is 0. The first kappa shape index (κ1) is 10.7. The molecule has 1 aliphatic rings. The Hall–Kier alpha value is -0.340. The van der Waals surface area contributed by atoms with Crippen LogP contribution in [0, 0.1) is 0 Å². The molecule has 0 saturated carbocycles. The van der Waals surface area contributed by atoms with Crippen molar-refractivity contribution >= 4 is 0 Å². The summed E-state index contributed by atoms with van der Waals surface area (Å²) in [5, 5.41) is 0. The Morgan fingerprint density at radius 2 is 2.31 bits per heavy atom. The molecule has 1 aliphatic heterocycles. The molecule has 0 N–H and O–H groups in total. The van der Waals surface area contributed by atoms with Gasteiger partial charge in [0.2, 0.25) is 0 Å². The van der Waals surface area contributed by atoms with Crippen LogP contribution in [-0.2, 0) is 4.74 Å². The van der Waals surface area contributed by atoms with E-state index in [4.69, 9.17) is 4.74 Å². The lowest BCUT2D eigenvalue weighted by atomic mass is 10.0. The third-order valence-corrected chi connectivity index (χ3v) is 2.87. The highest BCUT2D eigenvalue weighted by molar-refractivity contribution is 4.87. The number of methoxy groups -OCH3 is 1. The third-order valence-electron chi connectivity index (χ3n) is 2.87. The minimum absolute atomic E-state index is 0.483. The van der Waals surface area contributed by atoms with Crippen molar-refractivity contribution < 1.29 is 4.74 Å². The van der Waals surface area contributed by atoms with Gasteiger partial charge in [0.1, 0.15) is 0 Å². The molecular weight excluding hydrogens is 162 g/mol. The number of allylic oxidation sites excluding steroid dienone is 1. The van der Waals surface area contributed by atoms with Crippen LogP contribution in [0.3, 0.4) is 0 Å². The monoisotopic (exact) mass is 183 g/mol. The molecule has 1 fully saturated rings. The Morgan fingerprint density at radius 3 is 2.85 bits per heavy atom. The maximum atomic E-state index is 5.37. The molecule has 76 valence electrons. The van der Waals surface area contributed by atoms with Crippen LogP contribution >= 0.6 is 0 Å². The van der Waals surface area contributed by atoms with E-state index in [1.807, 2.05) is 7.11 Å². The van der Waals surface area contributed by atoms with Crippen molar-refractivity contribution in [2.45, 2.75) is 38.8 Å². The van der Waals surface area contributed by atoms with Gasteiger partial charge in [-0.3, -0.25) is 4.90 Å². The van der Waals surface area contributed by atoms with Gasteiger partial charge < -0.3 is 4.74 Å². The van der Waals surface area contributed by atoms with E-state index in [-0.39, 0.29) is 0 Å². The average Bonchev–Trinajstić information content (AvgIpc) is 2.16. The highest BCUT2D eigenvalue weighted by Crippen LogP contribution is 2.18. The Bertz CT molecular complexity index is 167. The minimum Gasteiger partial charge on any atom is -0.381 e. The van der Waals surface area contributed by atoms with Gasteiger partial charge in [0.05, 0.1) is 6.10 Å². The summed E-state index contributed by atoms with van der Waals surface area (Å²) >= 11 is 0. The predicted octanol–water partition coefficient (Wildman–Crippen LogP) is 2.06. The summed E-state index contributed by atoms with van der Waals surface area (Å²) in [6.45, 7) is 6.62. The second kappa shape index (κ2) is 5.40. The molecule has 2 heteroatoms.